The van der Waals surface area contributed by atoms with Gasteiger partial charge in [-0.3, -0.25) is 4.90 Å². The van der Waals surface area contributed by atoms with E-state index < -0.39 is 0 Å². The fraction of sp³-hybridized carbons (Fsp3) is 1.00. The summed E-state index contributed by atoms with van der Waals surface area (Å²) in [6, 6.07) is 1.38. The zero-order valence-corrected chi connectivity index (χ0v) is 9.76. The van der Waals surface area contributed by atoms with Crippen molar-refractivity contribution >= 4 is 24.8 Å². The first kappa shape index (κ1) is 17.6. The Morgan fingerprint density at radius 1 is 0.909 bits per heavy atom. The first-order valence-corrected chi connectivity index (χ1v) is 3.85. The molecule has 0 saturated carbocycles. The lowest BCUT2D eigenvalue weighted by molar-refractivity contribution is 0.185. The highest BCUT2D eigenvalue weighted by Gasteiger charge is 2.08. The van der Waals surface area contributed by atoms with Gasteiger partial charge in [0.1, 0.15) is 0 Å². The molecule has 0 fully saturated rings. The first-order chi connectivity index (χ1) is 4.09. The molecule has 72 valence electrons. The summed E-state index contributed by atoms with van der Waals surface area (Å²) >= 11 is 0. The third kappa shape index (κ3) is 6.92. The minimum absolute atomic E-state index is 0. The van der Waals surface area contributed by atoms with E-state index in [-0.39, 0.29) is 24.8 Å². The Morgan fingerprint density at radius 3 is 1.18 bits per heavy atom. The molecule has 0 aliphatic rings. The van der Waals surface area contributed by atoms with Crippen molar-refractivity contribution in [2.45, 2.75) is 46.7 Å². The normalized spacial score (nSPS) is 9.82. The van der Waals surface area contributed by atoms with Crippen LogP contribution < -0.4 is 0 Å². The van der Waals surface area contributed by atoms with E-state index in [0.717, 1.165) is 6.54 Å². The van der Waals surface area contributed by atoms with Crippen LogP contribution in [0.1, 0.15) is 34.6 Å². The molecule has 0 saturated heterocycles. The van der Waals surface area contributed by atoms with Crippen LogP contribution in [-0.2, 0) is 0 Å². The summed E-state index contributed by atoms with van der Waals surface area (Å²) in [4.78, 5) is 2.46. The van der Waals surface area contributed by atoms with Gasteiger partial charge in [0.15, 0.2) is 0 Å². The van der Waals surface area contributed by atoms with Gasteiger partial charge in [-0.05, 0) is 34.2 Å². The third-order valence-electron chi connectivity index (χ3n) is 1.69. The van der Waals surface area contributed by atoms with Crippen LogP contribution in [0.2, 0.25) is 0 Å². The number of halogens is 2. The summed E-state index contributed by atoms with van der Waals surface area (Å²) in [6.07, 6.45) is 0. The van der Waals surface area contributed by atoms with Gasteiger partial charge in [0.2, 0.25) is 0 Å². The van der Waals surface area contributed by atoms with E-state index in [4.69, 9.17) is 0 Å². The van der Waals surface area contributed by atoms with E-state index in [0.29, 0.717) is 12.1 Å². The molecular weight excluding hydrogens is 181 g/mol. The van der Waals surface area contributed by atoms with Gasteiger partial charge < -0.3 is 0 Å². The SMILES string of the molecule is CCN(C(C)C)C(C)C.Cl.Cl. The molecule has 0 aliphatic carbocycles. The van der Waals surface area contributed by atoms with Crippen molar-refractivity contribution in [3.63, 3.8) is 0 Å². The standard InChI is InChI=1S/C8H19N.2ClH/c1-6-9(7(2)3)8(4)5;;/h7-8H,6H2,1-5H3;2*1H. The number of hydrogen-bond acceptors (Lipinski definition) is 1. The topological polar surface area (TPSA) is 3.24 Å². The van der Waals surface area contributed by atoms with E-state index >= 15 is 0 Å². The van der Waals surface area contributed by atoms with Crippen molar-refractivity contribution in [3.8, 4) is 0 Å². The van der Waals surface area contributed by atoms with E-state index in [1.807, 2.05) is 0 Å². The second-order valence-corrected chi connectivity index (χ2v) is 3.02. The molecule has 0 amide bonds. The molecule has 0 bridgehead atoms. The Bertz CT molecular complexity index is 66.5. The van der Waals surface area contributed by atoms with Crippen LogP contribution in [-0.4, -0.2) is 23.5 Å². The molecule has 0 aromatic heterocycles. The second-order valence-electron chi connectivity index (χ2n) is 3.02. The zero-order chi connectivity index (χ0) is 7.44. The van der Waals surface area contributed by atoms with Crippen LogP contribution in [0.4, 0.5) is 0 Å². The first-order valence-electron chi connectivity index (χ1n) is 3.85. The highest BCUT2D eigenvalue weighted by Crippen LogP contribution is 2.02. The molecule has 3 heteroatoms. The van der Waals surface area contributed by atoms with Gasteiger partial charge >= 0.3 is 0 Å². The van der Waals surface area contributed by atoms with Crippen molar-refractivity contribution in [2.24, 2.45) is 0 Å². The molecule has 0 unspecified atom stereocenters. The lowest BCUT2D eigenvalue weighted by Gasteiger charge is -2.28. The van der Waals surface area contributed by atoms with E-state index in [9.17, 15) is 0 Å². The molecule has 0 heterocycles. The molecule has 1 nitrogen and oxygen atoms in total. The lowest BCUT2D eigenvalue weighted by atomic mass is 10.2. The van der Waals surface area contributed by atoms with Crippen molar-refractivity contribution in [3.05, 3.63) is 0 Å². The van der Waals surface area contributed by atoms with Crippen molar-refractivity contribution in [1.29, 1.82) is 0 Å². The molecule has 0 rings (SSSR count). The van der Waals surface area contributed by atoms with Crippen LogP contribution in [0, 0.1) is 0 Å². The monoisotopic (exact) mass is 201 g/mol. The zero-order valence-electron chi connectivity index (χ0n) is 8.13. The number of rotatable bonds is 3. The van der Waals surface area contributed by atoms with E-state index in [1.54, 1.807) is 0 Å². The molecule has 0 aliphatic heterocycles. The Balaban J connectivity index is -0.000000320. The molecule has 0 aromatic carbocycles. The summed E-state index contributed by atoms with van der Waals surface area (Å²) in [5, 5.41) is 0. The summed E-state index contributed by atoms with van der Waals surface area (Å²) < 4.78 is 0. The quantitative estimate of drug-likeness (QED) is 0.680. The van der Waals surface area contributed by atoms with Crippen molar-refractivity contribution in [1.82, 2.24) is 4.90 Å². The van der Waals surface area contributed by atoms with Gasteiger partial charge in [-0.25, -0.2) is 0 Å². The van der Waals surface area contributed by atoms with Crippen LogP contribution in [0.15, 0.2) is 0 Å². The summed E-state index contributed by atoms with van der Waals surface area (Å²) in [5.41, 5.74) is 0. The maximum Gasteiger partial charge on any atom is 0.00411 e. The Hall–Kier alpha value is 0.540. The van der Waals surface area contributed by atoms with Gasteiger partial charge in [0.25, 0.3) is 0 Å². The van der Waals surface area contributed by atoms with Gasteiger partial charge in [-0.2, -0.15) is 0 Å². The van der Waals surface area contributed by atoms with Crippen molar-refractivity contribution < 1.29 is 0 Å². The van der Waals surface area contributed by atoms with Crippen molar-refractivity contribution in [2.75, 3.05) is 6.54 Å². The Kier molecular flexibility index (Phi) is 13.8. The number of nitrogens with zero attached hydrogens (tertiary/aromatic N) is 1. The smallest absolute Gasteiger partial charge is 0.00411 e. The molecule has 11 heavy (non-hydrogen) atoms. The fourth-order valence-corrected chi connectivity index (χ4v) is 1.33. The van der Waals surface area contributed by atoms with Crippen LogP contribution in [0.25, 0.3) is 0 Å². The summed E-state index contributed by atoms with van der Waals surface area (Å²) in [6.45, 7) is 12.3. The minimum Gasteiger partial charge on any atom is -0.299 e. The minimum atomic E-state index is 0. The fourth-order valence-electron chi connectivity index (χ4n) is 1.33. The molecule has 0 radical (unpaired) electrons. The van der Waals surface area contributed by atoms with Crippen LogP contribution in [0.3, 0.4) is 0 Å². The van der Waals surface area contributed by atoms with E-state index in [2.05, 4.69) is 39.5 Å². The average Bonchev–Trinajstić information content (AvgIpc) is 1.64. The highest BCUT2D eigenvalue weighted by atomic mass is 35.5. The maximum absolute atomic E-state index is 2.46. The molecule has 0 aromatic rings. The largest absolute Gasteiger partial charge is 0.299 e. The van der Waals surface area contributed by atoms with E-state index in [1.165, 1.54) is 0 Å². The van der Waals surface area contributed by atoms with Gasteiger partial charge in [-0.15, -0.1) is 24.8 Å². The Morgan fingerprint density at radius 2 is 1.18 bits per heavy atom. The van der Waals surface area contributed by atoms with Gasteiger partial charge in [0, 0.05) is 12.1 Å². The predicted molar refractivity (Wildman–Crippen MR) is 57.1 cm³/mol. The van der Waals surface area contributed by atoms with Crippen LogP contribution >= 0.6 is 24.8 Å². The maximum atomic E-state index is 2.46. The summed E-state index contributed by atoms with van der Waals surface area (Å²) in [5.74, 6) is 0. The van der Waals surface area contributed by atoms with Crippen LogP contribution in [0.5, 0.6) is 0 Å². The molecular formula is C8H21Cl2N. The highest BCUT2D eigenvalue weighted by molar-refractivity contribution is 5.85. The summed E-state index contributed by atoms with van der Waals surface area (Å²) in [7, 11) is 0. The third-order valence-corrected chi connectivity index (χ3v) is 1.69. The average molecular weight is 202 g/mol. The Labute approximate surface area is 83.4 Å². The van der Waals surface area contributed by atoms with Gasteiger partial charge in [0.05, 0.1) is 0 Å². The van der Waals surface area contributed by atoms with Gasteiger partial charge in [-0.1, -0.05) is 6.92 Å². The number of hydrogen-bond donors (Lipinski definition) is 0. The lowest BCUT2D eigenvalue weighted by Crippen LogP contribution is -2.36. The molecule has 0 atom stereocenters. The molecule has 0 spiro atoms. The predicted octanol–water partition coefficient (Wildman–Crippen LogP) is 2.97. The second kappa shape index (κ2) is 8.63. The molecule has 0 N–H and O–H groups in total.